The van der Waals surface area contributed by atoms with Gasteiger partial charge in [-0.2, -0.15) is 0 Å². The van der Waals surface area contributed by atoms with Gasteiger partial charge in [0, 0.05) is 32.0 Å². The molecule has 0 aliphatic carbocycles. The lowest BCUT2D eigenvalue weighted by Crippen LogP contribution is -2.55. The van der Waals surface area contributed by atoms with Crippen molar-refractivity contribution in [1.29, 1.82) is 0 Å². The number of carbonyl (C=O) groups excluding carboxylic acids is 3. The second-order valence-corrected chi connectivity index (χ2v) is 11.8. The van der Waals surface area contributed by atoms with E-state index >= 15 is 0 Å². The van der Waals surface area contributed by atoms with Crippen molar-refractivity contribution < 1.29 is 29.2 Å². The fourth-order valence-electron chi connectivity index (χ4n) is 4.73. The zero-order chi connectivity index (χ0) is 31.4. The Morgan fingerprint density at radius 2 is 1.79 bits per heavy atom. The molecule has 232 valence electrons. The molecule has 0 saturated carbocycles. The molecule has 1 aromatic heterocycles. The molecule has 0 fully saturated rings. The average molecular weight is 604 g/mol. The Hall–Kier alpha value is -2.84. The molecule has 2 aromatic rings. The van der Waals surface area contributed by atoms with Crippen molar-refractivity contribution in [3.05, 3.63) is 52.0 Å². The summed E-state index contributed by atoms with van der Waals surface area (Å²) in [5.41, 5.74) is 0.996. The number of rotatable bonds is 17. The predicted octanol–water partition coefficient (Wildman–Crippen LogP) is 1.81. The Morgan fingerprint density at radius 1 is 1.12 bits per heavy atom. The van der Waals surface area contributed by atoms with Crippen molar-refractivity contribution >= 4 is 36.2 Å². The second-order valence-electron chi connectivity index (χ2n) is 10.9. The first-order valence-electron chi connectivity index (χ1n) is 14.3. The zero-order valence-electron chi connectivity index (χ0n) is 25.7. The van der Waals surface area contributed by atoms with Gasteiger partial charge >= 0.3 is 7.12 Å². The molecule has 42 heavy (non-hydrogen) atoms. The Bertz CT molecular complexity index is 1130. The molecule has 0 aliphatic heterocycles. The number of nitrogens with zero attached hydrogens (tertiary/aromatic N) is 2. The first kappa shape index (κ1) is 35.4. The molecule has 0 saturated heterocycles. The minimum Gasteiger partial charge on any atom is -0.426 e. The first-order chi connectivity index (χ1) is 19.9. The molecule has 2 rings (SSSR count). The van der Waals surface area contributed by atoms with Gasteiger partial charge in [0.15, 0.2) is 0 Å². The quantitative estimate of drug-likeness (QED) is 0.172. The van der Waals surface area contributed by atoms with Crippen molar-refractivity contribution in [1.82, 2.24) is 25.8 Å². The smallest absolute Gasteiger partial charge is 0.426 e. The Kier molecular flexibility index (Phi) is 14.6. The van der Waals surface area contributed by atoms with Crippen LogP contribution in [0.15, 0.2) is 35.7 Å². The summed E-state index contributed by atoms with van der Waals surface area (Å²) >= 11 is 1.26. The van der Waals surface area contributed by atoms with Gasteiger partial charge in [-0.05, 0) is 30.9 Å². The summed E-state index contributed by atoms with van der Waals surface area (Å²) in [5, 5.41) is 30.3. The summed E-state index contributed by atoms with van der Waals surface area (Å²) in [5.74, 6) is -1.85. The number of ether oxygens (including phenoxy) is 1. The number of likely N-dealkylation sites (N-methyl/N-ethyl adjacent to an activating group) is 2. The van der Waals surface area contributed by atoms with Crippen molar-refractivity contribution in [3.8, 4) is 0 Å². The summed E-state index contributed by atoms with van der Waals surface area (Å²) in [6.07, 6.45) is 0.893. The maximum Gasteiger partial charge on any atom is 0.475 e. The Morgan fingerprint density at radius 3 is 2.33 bits per heavy atom. The minimum atomic E-state index is -1.75. The second kappa shape index (κ2) is 17.3. The molecule has 11 nitrogen and oxygen atoms in total. The molecule has 13 heteroatoms. The fourth-order valence-corrected chi connectivity index (χ4v) is 5.61. The van der Waals surface area contributed by atoms with Crippen LogP contribution in [0.1, 0.15) is 67.7 Å². The van der Waals surface area contributed by atoms with Crippen molar-refractivity contribution in [2.75, 3.05) is 27.7 Å². The fraction of sp³-hybridized carbons (Fsp3) is 0.586. The van der Waals surface area contributed by atoms with Crippen LogP contribution in [-0.2, 0) is 20.7 Å². The van der Waals surface area contributed by atoms with Gasteiger partial charge in [0.1, 0.15) is 22.8 Å². The summed E-state index contributed by atoms with van der Waals surface area (Å²) < 4.78 is 5.78. The lowest BCUT2D eigenvalue weighted by Gasteiger charge is -2.37. The van der Waals surface area contributed by atoms with Crippen LogP contribution < -0.4 is 16.0 Å². The van der Waals surface area contributed by atoms with Crippen LogP contribution in [0.2, 0.25) is 0 Å². The van der Waals surface area contributed by atoms with Crippen molar-refractivity contribution in [2.24, 2.45) is 11.8 Å². The number of hydrogen-bond acceptors (Lipinski definition) is 9. The van der Waals surface area contributed by atoms with E-state index in [0.717, 1.165) is 12.0 Å². The van der Waals surface area contributed by atoms with E-state index in [9.17, 15) is 24.4 Å². The summed E-state index contributed by atoms with van der Waals surface area (Å²) in [6.45, 7) is 8.09. The highest BCUT2D eigenvalue weighted by atomic mass is 32.1. The van der Waals surface area contributed by atoms with Gasteiger partial charge < -0.3 is 35.6 Å². The molecule has 5 atom stereocenters. The van der Waals surface area contributed by atoms with E-state index in [4.69, 9.17) is 4.74 Å². The number of amides is 3. The molecular weight excluding hydrogens is 557 g/mol. The van der Waals surface area contributed by atoms with Crippen LogP contribution >= 0.6 is 11.3 Å². The van der Waals surface area contributed by atoms with Crippen molar-refractivity contribution in [3.63, 3.8) is 0 Å². The average Bonchev–Trinajstić information content (AvgIpc) is 3.46. The third-order valence-electron chi connectivity index (χ3n) is 7.49. The van der Waals surface area contributed by atoms with E-state index in [0.29, 0.717) is 11.4 Å². The van der Waals surface area contributed by atoms with Gasteiger partial charge in [-0.3, -0.25) is 14.4 Å². The van der Waals surface area contributed by atoms with Gasteiger partial charge in [-0.1, -0.05) is 64.4 Å². The van der Waals surface area contributed by atoms with E-state index < -0.39 is 31.1 Å². The Balaban J connectivity index is 2.18. The Labute approximate surface area is 253 Å². The monoisotopic (exact) mass is 603 g/mol. The molecular formula is C29H46BN5O6S. The maximum absolute atomic E-state index is 13.7. The standard InChI is InChI=1S/C29H46BN5O6S/c1-8-19(4)26(34-25(36)16-31-5)29(38)35(6)22(18(2)3)15-23(41-7)28-32-21(17-42-28)27(37)33-24(30(39)40)14-20-12-10-9-11-13-20/h9-13,17-19,22-24,26,31,39-40H,8,14-16H2,1-7H3,(H,33,37)(H,34,36)/t19?,22-,23?,24+,26+/m1/s1. The first-order valence-corrected chi connectivity index (χ1v) is 15.2. The van der Waals surface area contributed by atoms with Gasteiger partial charge in [0.2, 0.25) is 11.8 Å². The molecule has 1 heterocycles. The van der Waals surface area contributed by atoms with Crippen LogP contribution in [0.25, 0.3) is 0 Å². The molecule has 3 amide bonds. The highest BCUT2D eigenvalue weighted by molar-refractivity contribution is 7.09. The SMILES string of the molecule is CCC(C)[C@H](NC(=O)CNC)C(=O)N(C)[C@H](CC(OC)c1nc(C(=O)N[C@@H](Cc2ccccc2)B(O)O)cs1)C(C)C. The lowest BCUT2D eigenvalue weighted by atomic mass is 9.76. The number of thiazole rings is 1. The van der Waals surface area contributed by atoms with E-state index in [2.05, 4.69) is 20.9 Å². The van der Waals surface area contributed by atoms with Crippen LogP contribution in [0, 0.1) is 11.8 Å². The summed E-state index contributed by atoms with van der Waals surface area (Å²) in [7, 11) is 3.23. The normalized spacial score (nSPS) is 14.9. The van der Waals surface area contributed by atoms with Crippen LogP contribution in [0.4, 0.5) is 0 Å². The maximum atomic E-state index is 13.7. The third kappa shape index (κ3) is 10.2. The molecule has 0 spiro atoms. The minimum absolute atomic E-state index is 0.0602. The number of nitrogens with one attached hydrogen (secondary N) is 3. The molecule has 0 radical (unpaired) electrons. The van der Waals surface area contributed by atoms with Crippen LogP contribution in [0.5, 0.6) is 0 Å². The van der Waals surface area contributed by atoms with E-state index in [1.807, 2.05) is 58.0 Å². The highest BCUT2D eigenvalue weighted by Crippen LogP contribution is 2.30. The van der Waals surface area contributed by atoms with E-state index in [1.165, 1.54) is 11.3 Å². The molecule has 2 unspecified atom stereocenters. The van der Waals surface area contributed by atoms with Gasteiger partial charge in [0.25, 0.3) is 5.91 Å². The van der Waals surface area contributed by atoms with Crippen molar-refractivity contribution in [2.45, 2.75) is 71.1 Å². The van der Waals surface area contributed by atoms with Gasteiger partial charge in [-0.25, -0.2) is 4.98 Å². The number of aromatic nitrogens is 1. The highest BCUT2D eigenvalue weighted by Gasteiger charge is 2.35. The van der Waals surface area contributed by atoms with Crippen LogP contribution in [0.3, 0.4) is 0 Å². The molecule has 0 bridgehead atoms. The predicted molar refractivity (Wildman–Crippen MR) is 165 cm³/mol. The number of hydrogen-bond donors (Lipinski definition) is 5. The molecule has 5 N–H and O–H groups in total. The largest absolute Gasteiger partial charge is 0.475 e. The topological polar surface area (TPSA) is 153 Å². The van der Waals surface area contributed by atoms with E-state index in [-0.39, 0.29) is 48.4 Å². The number of carbonyl (C=O) groups is 3. The zero-order valence-corrected chi connectivity index (χ0v) is 26.5. The molecule has 1 aromatic carbocycles. The number of benzene rings is 1. The summed E-state index contributed by atoms with van der Waals surface area (Å²) in [6, 6.07) is 8.34. The lowest BCUT2D eigenvalue weighted by molar-refractivity contribution is -0.140. The van der Waals surface area contributed by atoms with E-state index in [1.54, 1.807) is 31.5 Å². The summed E-state index contributed by atoms with van der Waals surface area (Å²) in [4.78, 5) is 45.2. The van der Waals surface area contributed by atoms with Crippen LogP contribution in [-0.4, -0.2) is 90.5 Å². The van der Waals surface area contributed by atoms with Gasteiger partial charge in [0.05, 0.1) is 12.5 Å². The third-order valence-corrected chi connectivity index (χ3v) is 8.43. The molecule has 0 aliphatic rings. The van der Waals surface area contributed by atoms with Gasteiger partial charge in [-0.15, -0.1) is 11.3 Å². The number of methoxy groups -OCH3 is 1.